The fourth-order valence-electron chi connectivity index (χ4n) is 1.85. The third-order valence-electron chi connectivity index (χ3n) is 3.00. The summed E-state index contributed by atoms with van der Waals surface area (Å²) in [5.74, 6) is -0.288. The molecule has 0 radical (unpaired) electrons. The Bertz CT molecular complexity index is 452. The molecule has 106 valence electrons. The van der Waals surface area contributed by atoms with Crippen molar-refractivity contribution in [2.75, 3.05) is 0 Å². The summed E-state index contributed by atoms with van der Waals surface area (Å²) < 4.78 is 13.0. The molecule has 1 aromatic carbocycles. The van der Waals surface area contributed by atoms with Crippen LogP contribution in [-0.4, -0.2) is 16.1 Å². The highest BCUT2D eigenvalue weighted by Crippen LogP contribution is 2.28. The van der Waals surface area contributed by atoms with Crippen molar-refractivity contribution in [2.24, 2.45) is 11.7 Å². The third kappa shape index (κ3) is 4.25. The monoisotopic (exact) mass is 270 g/mol. The first-order chi connectivity index (χ1) is 8.82. The molecular weight excluding hydrogens is 251 g/mol. The van der Waals surface area contributed by atoms with Crippen LogP contribution in [0.3, 0.4) is 0 Å². The predicted molar refractivity (Wildman–Crippen MR) is 70.1 cm³/mol. The maximum atomic E-state index is 13.0. The van der Waals surface area contributed by atoms with E-state index in [4.69, 9.17) is 5.73 Å². The highest BCUT2D eigenvalue weighted by atomic mass is 19.1. The number of halogens is 1. The van der Waals surface area contributed by atoms with Gasteiger partial charge in [0.05, 0.1) is 23.1 Å². The van der Waals surface area contributed by atoms with Gasteiger partial charge < -0.3 is 10.8 Å². The molecule has 0 aliphatic carbocycles. The summed E-state index contributed by atoms with van der Waals surface area (Å²) in [4.78, 5) is 10.2. The molecule has 6 heteroatoms. The fraction of sp³-hybridized carbons (Fsp3) is 0.538. The molecule has 1 rings (SSSR count). The van der Waals surface area contributed by atoms with Gasteiger partial charge in [-0.15, -0.1) is 0 Å². The number of rotatable bonds is 6. The number of aliphatic hydroxyl groups excluding tert-OH is 1. The Hall–Kier alpha value is -1.53. The average molecular weight is 270 g/mol. The summed E-state index contributed by atoms with van der Waals surface area (Å²) in [6.45, 7) is 4.02. The molecule has 0 aliphatic heterocycles. The summed E-state index contributed by atoms with van der Waals surface area (Å²) in [5.41, 5.74) is 5.60. The number of benzene rings is 1. The van der Waals surface area contributed by atoms with Gasteiger partial charge >= 0.3 is 0 Å². The van der Waals surface area contributed by atoms with Crippen LogP contribution in [0.4, 0.5) is 10.1 Å². The first-order valence-electron chi connectivity index (χ1n) is 6.20. The lowest BCUT2D eigenvalue weighted by atomic mass is 9.95. The van der Waals surface area contributed by atoms with E-state index in [0.717, 1.165) is 18.6 Å². The van der Waals surface area contributed by atoms with Gasteiger partial charge in [0.1, 0.15) is 5.82 Å². The average Bonchev–Trinajstić information content (AvgIpc) is 2.34. The van der Waals surface area contributed by atoms with Gasteiger partial charge in [0.15, 0.2) is 0 Å². The largest absolute Gasteiger partial charge is 0.391 e. The second-order valence-electron chi connectivity index (χ2n) is 5.02. The Morgan fingerprint density at radius 2 is 2.05 bits per heavy atom. The van der Waals surface area contributed by atoms with Crippen molar-refractivity contribution in [3.8, 4) is 0 Å². The Morgan fingerprint density at radius 3 is 2.58 bits per heavy atom. The molecule has 3 N–H and O–H groups in total. The molecule has 5 nitrogen and oxygen atoms in total. The SMILES string of the molecule is CC(C)CC[C@@H](O)[C@@H](N)c1ccc(F)cc1[N+](=O)[O-]. The summed E-state index contributed by atoms with van der Waals surface area (Å²) in [7, 11) is 0. The second kappa shape index (κ2) is 6.58. The van der Waals surface area contributed by atoms with Crippen LogP contribution in [0.5, 0.6) is 0 Å². The van der Waals surface area contributed by atoms with Crippen LogP contribution in [0.2, 0.25) is 0 Å². The van der Waals surface area contributed by atoms with E-state index in [9.17, 15) is 19.6 Å². The predicted octanol–water partition coefficient (Wildman–Crippen LogP) is 2.53. The van der Waals surface area contributed by atoms with Crippen LogP contribution < -0.4 is 5.73 Å². The van der Waals surface area contributed by atoms with E-state index in [-0.39, 0.29) is 5.56 Å². The van der Waals surface area contributed by atoms with E-state index in [1.807, 2.05) is 13.8 Å². The smallest absolute Gasteiger partial charge is 0.277 e. The normalized spacial score (nSPS) is 14.4. The van der Waals surface area contributed by atoms with Gasteiger partial charge in [-0.1, -0.05) is 13.8 Å². The minimum atomic E-state index is -0.889. The summed E-state index contributed by atoms with van der Waals surface area (Å²) in [6, 6.07) is 2.30. The highest BCUT2D eigenvalue weighted by Gasteiger charge is 2.25. The number of hydrogen-bond acceptors (Lipinski definition) is 4. The first-order valence-corrected chi connectivity index (χ1v) is 6.20. The van der Waals surface area contributed by atoms with Crippen molar-refractivity contribution in [3.63, 3.8) is 0 Å². The molecule has 1 aromatic rings. The van der Waals surface area contributed by atoms with Crippen LogP contribution >= 0.6 is 0 Å². The Kier molecular flexibility index (Phi) is 5.38. The van der Waals surface area contributed by atoms with Crippen molar-refractivity contribution in [1.82, 2.24) is 0 Å². The molecule has 0 unspecified atom stereocenters. The van der Waals surface area contributed by atoms with E-state index >= 15 is 0 Å². The quantitative estimate of drug-likeness (QED) is 0.614. The molecule has 0 heterocycles. The van der Waals surface area contributed by atoms with Crippen LogP contribution in [-0.2, 0) is 0 Å². The number of aliphatic hydroxyl groups is 1. The molecule has 0 fully saturated rings. The molecule has 2 atom stereocenters. The van der Waals surface area contributed by atoms with Crippen molar-refractivity contribution in [3.05, 3.63) is 39.7 Å². The van der Waals surface area contributed by atoms with Gasteiger partial charge in [-0.05, 0) is 30.9 Å². The first kappa shape index (κ1) is 15.5. The maximum absolute atomic E-state index is 13.0. The number of nitrogens with zero attached hydrogens (tertiary/aromatic N) is 1. The molecule has 19 heavy (non-hydrogen) atoms. The van der Waals surface area contributed by atoms with E-state index in [1.165, 1.54) is 6.07 Å². The van der Waals surface area contributed by atoms with Gasteiger partial charge in [-0.25, -0.2) is 4.39 Å². The second-order valence-corrected chi connectivity index (χ2v) is 5.02. The lowest BCUT2D eigenvalue weighted by molar-refractivity contribution is -0.386. The molecule has 0 spiro atoms. The van der Waals surface area contributed by atoms with Gasteiger partial charge in [0.2, 0.25) is 0 Å². The van der Waals surface area contributed by atoms with Crippen molar-refractivity contribution < 1.29 is 14.4 Å². The van der Waals surface area contributed by atoms with E-state index in [1.54, 1.807) is 0 Å². The Labute approximate surface area is 111 Å². The van der Waals surface area contributed by atoms with Crippen LogP contribution in [0.1, 0.15) is 38.3 Å². The van der Waals surface area contributed by atoms with Crippen molar-refractivity contribution in [1.29, 1.82) is 0 Å². The molecule has 0 aliphatic rings. The van der Waals surface area contributed by atoms with Gasteiger partial charge in [-0.2, -0.15) is 0 Å². The van der Waals surface area contributed by atoms with Crippen molar-refractivity contribution in [2.45, 2.75) is 38.8 Å². The Morgan fingerprint density at radius 1 is 1.42 bits per heavy atom. The third-order valence-corrected chi connectivity index (χ3v) is 3.00. The lowest BCUT2D eigenvalue weighted by Gasteiger charge is -2.20. The fourth-order valence-corrected chi connectivity index (χ4v) is 1.85. The zero-order chi connectivity index (χ0) is 14.6. The number of hydrogen-bond donors (Lipinski definition) is 2. The van der Waals surface area contributed by atoms with Crippen molar-refractivity contribution >= 4 is 5.69 Å². The van der Waals surface area contributed by atoms with Crippen LogP contribution in [0.15, 0.2) is 18.2 Å². The topological polar surface area (TPSA) is 89.4 Å². The summed E-state index contributed by atoms with van der Waals surface area (Å²) in [6.07, 6.45) is 0.337. The maximum Gasteiger partial charge on any atom is 0.277 e. The minimum absolute atomic E-state index is 0.155. The number of nitrogens with two attached hydrogens (primary N) is 1. The van der Waals surface area contributed by atoms with Gasteiger partial charge in [0, 0.05) is 5.56 Å². The van der Waals surface area contributed by atoms with Crippen LogP contribution in [0, 0.1) is 21.8 Å². The molecule has 0 saturated heterocycles. The minimum Gasteiger partial charge on any atom is -0.391 e. The number of nitro groups is 1. The molecular formula is C13H19FN2O3. The lowest BCUT2D eigenvalue weighted by Crippen LogP contribution is -2.27. The summed E-state index contributed by atoms with van der Waals surface area (Å²) in [5, 5.41) is 20.8. The zero-order valence-corrected chi connectivity index (χ0v) is 11.0. The highest BCUT2D eigenvalue weighted by molar-refractivity contribution is 5.42. The standard InChI is InChI=1S/C13H19FN2O3/c1-8(2)3-6-12(17)13(15)10-5-4-9(14)7-11(10)16(18)19/h4-5,7-8,12-13,17H,3,6,15H2,1-2H3/t12-,13+/m1/s1. The molecule has 0 aromatic heterocycles. The van der Waals surface area contributed by atoms with Crippen LogP contribution in [0.25, 0.3) is 0 Å². The summed E-state index contributed by atoms with van der Waals surface area (Å²) >= 11 is 0. The van der Waals surface area contributed by atoms with E-state index in [0.29, 0.717) is 12.3 Å². The molecule has 0 amide bonds. The zero-order valence-electron chi connectivity index (χ0n) is 11.0. The Balaban J connectivity index is 2.92. The molecule has 0 saturated carbocycles. The molecule has 0 bridgehead atoms. The van der Waals surface area contributed by atoms with E-state index in [2.05, 4.69) is 0 Å². The van der Waals surface area contributed by atoms with Gasteiger partial charge in [0.25, 0.3) is 5.69 Å². The van der Waals surface area contributed by atoms with E-state index < -0.39 is 28.6 Å². The number of nitro benzene ring substituents is 1. The van der Waals surface area contributed by atoms with Gasteiger partial charge in [-0.3, -0.25) is 10.1 Å².